The SMILES string of the molecule is CC[C@H]1OC(=O)[C@H](C)[C@@H](OC2CC(C)(OC)C(O)C(C)O2)C(C)[C@@H](OC2OC(C)CC(N(C)C)C2O)[C@](C)(O)C[C@@H](C)C(=NOC)[C@H](C)[C@@H](O)[C@]1(C)O. The number of likely N-dealkylation sites (N-methyl/N-ethyl adjacent to an activating group) is 1. The lowest BCUT2D eigenvalue weighted by Crippen LogP contribution is -2.61. The van der Waals surface area contributed by atoms with Gasteiger partial charge in [-0.15, -0.1) is 0 Å². The van der Waals surface area contributed by atoms with Crippen LogP contribution in [0.5, 0.6) is 0 Å². The van der Waals surface area contributed by atoms with E-state index in [2.05, 4.69) is 5.16 Å². The molecule has 0 saturated carbocycles. The number of esters is 1. The average Bonchev–Trinajstić information content (AvgIpc) is 3.08. The summed E-state index contributed by atoms with van der Waals surface area (Å²) in [6.45, 7) is 17.0. The predicted molar refractivity (Wildman–Crippen MR) is 196 cm³/mol. The van der Waals surface area contributed by atoms with Crippen molar-refractivity contribution in [3.63, 3.8) is 0 Å². The van der Waals surface area contributed by atoms with Crippen molar-refractivity contribution >= 4 is 11.7 Å². The van der Waals surface area contributed by atoms with Gasteiger partial charge in [-0.3, -0.25) is 4.79 Å². The van der Waals surface area contributed by atoms with Crippen LogP contribution in [0.3, 0.4) is 0 Å². The number of methoxy groups -OCH3 is 1. The highest BCUT2D eigenvalue weighted by Crippen LogP contribution is 2.41. The molecule has 15 nitrogen and oxygen atoms in total. The number of hydrogen-bond donors (Lipinski definition) is 5. The Balaban J connectivity index is 2.23. The fourth-order valence-corrected chi connectivity index (χ4v) is 8.70. The van der Waals surface area contributed by atoms with Crippen molar-refractivity contribution in [2.24, 2.45) is 28.8 Å². The second-order valence-corrected chi connectivity index (χ2v) is 16.8. The average molecular weight is 763 g/mol. The smallest absolute Gasteiger partial charge is 0.311 e. The number of aliphatic hydroxyl groups excluding tert-OH is 3. The van der Waals surface area contributed by atoms with E-state index in [1.807, 2.05) is 32.8 Å². The molecule has 3 saturated heterocycles. The van der Waals surface area contributed by atoms with Gasteiger partial charge in [0.15, 0.2) is 12.6 Å². The first-order valence-electron chi connectivity index (χ1n) is 19.1. The van der Waals surface area contributed by atoms with Crippen LogP contribution in [0.1, 0.15) is 94.9 Å². The van der Waals surface area contributed by atoms with Crippen LogP contribution >= 0.6 is 0 Å². The maximum Gasteiger partial charge on any atom is 0.311 e. The zero-order chi connectivity index (χ0) is 40.4. The second-order valence-electron chi connectivity index (χ2n) is 16.8. The third kappa shape index (κ3) is 10.1. The molecule has 0 spiro atoms. The fourth-order valence-electron chi connectivity index (χ4n) is 8.70. The Labute approximate surface area is 316 Å². The number of ether oxygens (including phenoxy) is 6. The van der Waals surface area contributed by atoms with Crippen LogP contribution in [0, 0.1) is 23.7 Å². The van der Waals surface area contributed by atoms with E-state index >= 15 is 0 Å². The first-order chi connectivity index (χ1) is 24.5. The zero-order valence-electron chi connectivity index (χ0n) is 34.4. The van der Waals surface area contributed by atoms with Gasteiger partial charge >= 0.3 is 5.97 Å². The van der Waals surface area contributed by atoms with E-state index in [0.29, 0.717) is 12.1 Å². The van der Waals surface area contributed by atoms with E-state index in [1.165, 1.54) is 21.1 Å². The molecule has 0 aromatic carbocycles. The van der Waals surface area contributed by atoms with Gasteiger partial charge in [0.2, 0.25) is 0 Å². The van der Waals surface area contributed by atoms with Crippen LogP contribution in [0.25, 0.3) is 0 Å². The molecular weight excluding hydrogens is 692 g/mol. The predicted octanol–water partition coefficient (Wildman–Crippen LogP) is 2.22. The summed E-state index contributed by atoms with van der Waals surface area (Å²) in [5.41, 5.74) is -4.30. The van der Waals surface area contributed by atoms with Crippen LogP contribution in [-0.2, 0) is 38.1 Å². The first-order valence-corrected chi connectivity index (χ1v) is 19.1. The van der Waals surface area contributed by atoms with Crippen LogP contribution in [0.15, 0.2) is 5.16 Å². The molecule has 0 amide bonds. The van der Waals surface area contributed by atoms with Gasteiger partial charge in [-0.2, -0.15) is 0 Å². The molecule has 3 aliphatic rings. The Morgan fingerprint density at radius 3 is 2.08 bits per heavy atom. The van der Waals surface area contributed by atoms with E-state index in [9.17, 15) is 30.3 Å². The molecule has 53 heavy (non-hydrogen) atoms. The lowest BCUT2D eigenvalue weighted by molar-refractivity contribution is -0.317. The van der Waals surface area contributed by atoms with Gasteiger partial charge in [-0.1, -0.05) is 32.9 Å². The van der Waals surface area contributed by atoms with Gasteiger partial charge in [0.25, 0.3) is 0 Å². The zero-order valence-corrected chi connectivity index (χ0v) is 34.4. The minimum atomic E-state index is -1.91. The highest BCUT2D eigenvalue weighted by molar-refractivity contribution is 5.88. The number of oxime groups is 1. The normalized spacial score (nSPS) is 49.0. The quantitative estimate of drug-likeness (QED) is 0.178. The van der Waals surface area contributed by atoms with Gasteiger partial charge in [-0.25, -0.2) is 0 Å². The molecule has 3 fully saturated rings. The Morgan fingerprint density at radius 2 is 1.53 bits per heavy atom. The van der Waals surface area contributed by atoms with Gasteiger partial charge in [0.1, 0.15) is 31.0 Å². The molecule has 5 N–H and O–H groups in total. The van der Waals surface area contributed by atoms with E-state index in [1.54, 1.807) is 48.5 Å². The standard InChI is InChI=1S/C38H70N2O13/c1-15-26-38(10,46)31(42)21(4)28(39-48-14)19(2)17-36(8,45)33(53-35-29(41)25(40(11)12)16-20(3)49-35)22(5)30(23(6)34(44)51-26)52-27-18-37(9,47-13)32(43)24(7)50-27/h19-27,29-33,35,41-43,45-46H,15-18H2,1-14H3/t19-,20?,21+,22?,23-,24?,25?,26-,27?,29?,30+,31-,32?,33-,35?,36-,37?,38-/m1/s1. The Kier molecular flexibility index (Phi) is 15.7. The lowest BCUT2D eigenvalue weighted by atomic mass is 9.73. The monoisotopic (exact) mass is 762 g/mol. The van der Waals surface area contributed by atoms with Crippen LogP contribution in [-0.4, -0.2) is 155 Å². The highest BCUT2D eigenvalue weighted by Gasteiger charge is 2.53. The van der Waals surface area contributed by atoms with Crippen LogP contribution in [0.2, 0.25) is 0 Å². The molecule has 0 aromatic rings. The number of carbonyl (C=O) groups is 1. The second kappa shape index (κ2) is 18.2. The largest absolute Gasteiger partial charge is 0.459 e. The summed E-state index contributed by atoms with van der Waals surface area (Å²) in [6, 6.07) is -0.306. The van der Waals surface area contributed by atoms with Gasteiger partial charge in [0, 0.05) is 37.3 Å². The molecule has 3 rings (SSSR count). The summed E-state index contributed by atoms with van der Waals surface area (Å²) in [5.74, 6) is -3.90. The molecule has 9 unspecified atom stereocenters. The third-order valence-electron chi connectivity index (χ3n) is 12.1. The summed E-state index contributed by atoms with van der Waals surface area (Å²) in [5, 5.41) is 62.8. The topological polar surface area (TPSA) is 198 Å². The molecule has 310 valence electrons. The lowest BCUT2D eigenvalue weighted by Gasteiger charge is -2.49. The van der Waals surface area contributed by atoms with Gasteiger partial charge in [0.05, 0.1) is 53.4 Å². The van der Waals surface area contributed by atoms with Crippen molar-refractivity contribution in [3.05, 3.63) is 0 Å². The number of nitrogens with zero attached hydrogens (tertiary/aromatic N) is 2. The Morgan fingerprint density at radius 1 is 0.906 bits per heavy atom. The van der Waals surface area contributed by atoms with Crippen molar-refractivity contribution in [1.82, 2.24) is 4.90 Å². The summed E-state index contributed by atoms with van der Waals surface area (Å²) in [6.07, 6.45) is -9.08. The van der Waals surface area contributed by atoms with Gasteiger partial charge in [-0.05, 0) is 74.9 Å². The minimum absolute atomic E-state index is 0.0204. The summed E-state index contributed by atoms with van der Waals surface area (Å²) in [7, 11) is 6.60. The van der Waals surface area contributed by atoms with E-state index in [4.69, 9.17) is 33.3 Å². The summed E-state index contributed by atoms with van der Waals surface area (Å²) in [4.78, 5) is 21.3. The Hall–Kier alpha value is -1.50. The van der Waals surface area contributed by atoms with Gasteiger partial charge < -0.3 is 63.7 Å². The molecule has 0 aromatic heterocycles. The highest BCUT2D eigenvalue weighted by atomic mass is 16.7. The summed E-state index contributed by atoms with van der Waals surface area (Å²) >= 11 is 0. The molecule has 0 bridgehead atoms. The molecule has 0 radical (unpaired) electrons. The first kappa shape index (κ1) is 45.9. The number of hydrogen-bond acceptors (Lipinski definition) is 15. The number of rotatable bonds is 8. The van der Waals surface area contributed by atoms with E-state index < -0.39 is 102 Å². The van der Waals surface area contributed by atoms with E-state index in [-0.39, 0.29) is 31.4 Å². The minimum Gasteiger partial charge on any atom is -0.459 e. The van der Waals surface area contributed by atoms with Crippen molar-refractivity contribution in [1.29, 1.82) is 0 Å². The Bertz CT molecular complexity index is 1220. The molecule has 18 atom stereocenters. The maximum atomic E-state index is 14.2. The molecule has 0 aliphatic carbocycles. The fraction of sp³-hybridized carbons (Fsp3) is 0.947. The number of aliphatic hydroxyl groups is 5. The van der Waals surface area contributed by atoms with Crippen molar-refractivity contribution in [2.45, 2.75) is 179 Å². The van der Waals surface area contributed by atoms with Crippen LogP contribution in [0.4, 0.5) is 0 Å². The number of cyclic esters (lactones) is 1. The summed E-state index contributed by atoms with van der Waals surface area (Å²) < 4.78 is 37.4. The maximum absolute atomic E-state index is 14.2. The molecular formula is C38H70N2O13. The van der Waals surface area contributed by atoms with Crippen molar-refractivity contribution in [3.8, 4) is 0 Å². The molecule has 3 aliphatic heterocycles. The van der Waals surface area contributed by atoms with Crippen molar-refractivity contribution in [2.75, 3.05) is 28.3 Å². The van der Waals surface area contributed by atoms with E-state index in [0.717, 1.165) is 0 Å². The molecule has 3 heterocycles. The molecule has 15 heteroatoms. The van der Waals surface area contributed by atoms with Crippen molar-refractivity contribution < 1.29 is 63.6 Å². The number of carbonyl (C=O) groups excluding carboxylic acids is 1. The third-order valence-corrected chi connectivity index (χ3v) is 12.1. The van der Waals surface area contributed by atoms with Crippen LogP contribution < -0.4 is 0 Å².